The number of benzene rings is 2. The van der Waals surface area contributed by atoms with Gasteiger partial charge in [0.15, 0.2) is 0 Å². The second-order valence-electron chi connectivity index (χ2n) is 5.70. The minimum absolute atomic E-state index is 0.00952. The number of carbonyl (C=O) groups is 1. The van der Waals surface area contributed by atoms with Gasteiger partial charge in [0.2, 0.25) is 0 Å². The largest absolute Gasteiger partial charge is 0.340 e. The summed E-state index contributed by atoms with van der Waals surface area (Å²) in [6, 6.07) is 15.1. The number of fused-ring (bicyclic) bond motifs is 1. The maximum Gasteiger partial charge on any atom is 0.340 e. The van der Waals surface area contributed by atoms with E-state index in [4.69, 9.17) is 23.2 Å². The van der Waals surface area contributed by atoms with Crippen LogP contribution in [-0.4, -0.2) is 29.1 Å². The van der Waals surface area contributed by atoms with Gasteiger partial charge in [0.05, 0.1) is 0 Å². The molecule has 0 N–H and O–H groups in total. The molecule has 0 saturated carbocycles. The second kappa shape index (κ2) is 5.71. The highest BCUT2D eigenvalue weighted by Crippen LogP contribution is 2.41. The highest BCUT2D eigenvalue weighted by molar-refractivity contribution is 6.31. The molecule has 0 unspecified atom stereocenters. The van der Waals surface area contributed by atoms with Crippen molar-refractivity contribution in [1.82, 2.24) is 10.0 Å². The van der Waals surface area contributed by atoms with E-state index in [2.05, 4.69) is 5.01 Å². The molecular weight excluding hydrogens is 333 g/mol. The molecule has 1 atom stereocenters. The van der Waals surface area contributed by atoms with Crippen molar-refractivity contribution in [1.29, 1.82) is 0 Å². The number of urea groups is 1. The van der Waals surface area contributed by atoms with E-state index in [1.54, 1.807) is 4.90 Å². The lowest BCUT2D eigenvalue weighted by Gasteiger charge is -2.28. The maximum absolute atomic E-state index is 12.9. The molecule has 4 rings (SSSR count). The fraction of sp³-hybridized carbons (Fsp3) is 0.235. The molecule has 2 aliphatic heterocycles. The first kappa shape index (κ1) is 14.8. The van der Waals surface area contributed by atoms with Gasteiger partial charge in [-0.2, -0.15) is 5.01 Å². The number of carbonyl (C=O) groups excluding carboxylic acids is 1. The smallest absolute Gasteiger partial charge is 0.271 e. The van der Waals surface area contributed by atoms with Crippen molar-refractivity contribution in [3.05, 3.63) is 64.1 Å². The minimum atomic E-state index is -0.166. The lowest BCUT2D eigenvalue weighted by molar-refractivity contribution is 0.0728. The number of hydrogen-bond acceptors (Lipinski definition) is 2. The molecule has 0 bridgehead atoms. The van der Waals surface area contributed by atoms with Crippen molar-refractivity contribution in [2.24, 2.45) is 0 Å². The summed E-state index contributed by atoms with van der Waals surface area (Å²) in [5, 5.41) is 5.24. The van der Waals surface area contributed by atoms with Crippen LogP contribution in [0.5, 0.6) is 0 Å². The highest BCUT2D eigenvalue weighted by Gasteiger charge is 2.47. The summed E-state index contributed by atoms with van der Waals surface area (Å²) in [7, 11) is 0. The molecule has 118 valence electrons. The fourth-order valence-electron chi connectivity index (χ4n) is 3.29. The molecule has 4 nitrogen and oxygen atoms in total. The van der Waals surface area contributed by atoms with Gasteiger partial charge in [0.1, 0.15) is 6.17 Å². The molecule has 2 aliphatic rings. The first-order chi connectivity index (χ1) is 11.1. The lowest BCUT2D eigenvalue weighted by atomic mass is 10.1. The summed E-state index contributed by atoms with van der Waals surface area (Å²) < 4.78 is 0. The van der Waals surface area contributed by atoms with Gasteiger partial charge in [-0.3, -0.25) is 9.91 Å². The van der Waals surface area contributed by atoms with E-state index in [0.717, 1.165) is 30.8 Å². The van der Waals surface area contributed by atoms with Gasteiger partial charge in [-0.1, -0.05) is 41.4 Å². The number of nitrogens with zero attached hydrogens (tertiary/aromatic N) is 3. The lowest BCUT2D eigenvalue weighted by Crippen LogP contribution is -2.32. The molecule has 2 aromatic carbocycles. The zero-order valence-corrected chi connectivity index (χ0v) is 13.8. The van der Waals surface area contributed by atoms with E-state index in [9.17, 15) is 4.79 Å². The summed E-state index contributed by atoms with van der Waals surface area (Å²) in [5.74, 6) is 0. The summed E-state index contributed by atoms with van der Waals surface area (Å²) in [6.07, 6.45) is 0.819. The monoisotopic (exact) mass is 347 g/mol. The van der Waals surface area contributed by atoms with Crippen LogP contribution >= 0.6 is 23.2 Å². The van der Waals surface area contributed by atoms with Gasteiger partial charge in [-0.25, -0.2) is 4.79 Å². The van der Waals surface area contributed by atoms with Crippen LogP contribution in [0, 0.1) is 0 Å². The zero-order valence-electron chi connectivity index (χ0n) is 12.3. The second-order valence-corrected chi connectivity index (χ2v) is 6.57. The molecule has 2 heterocycles. The Hall–Kier alpha value is -1.75. The van der Waals surface area contributed by atoms with Crippen LogP contribution in [0.15, 0.2) is 48.5 Å². The van der Waals surface area contributed by atoms with E-state index < -0.39 is 0 Å². The molecule has 0 radical (unpaired) electrons. The third kappa shape index (κ3) is 2.47. The average Bonchev–Trinajstić information content (AvgIpc) is 3.11. The Bertz CT molecular complexity index is 750. The number of amides is 2. The Morgan fingerprint density at radius 3 is 2.48 bits per heavy atom. The molecule has 6 heteroatoms. The van der Waals surface area contributed by atoms with Gasteiger partial charge in [-0.15, -0.1) is 0 Å². The average molecular weight is 348 g/mol. The van der Waals surface area contributed by atoms with Gasteiger partial charge in [0.25, 0.3) is 0 Å². The Morgan fingerprint density at radius 1 is 0.957 bits per heavy atom. The molecule has 23 heavy (non-hydrogen) atoms. The van der Waals surface area contributed by atoms with E-state index >= 15 is 0 Å². The highest BCUT2D eigenvalue weighted by atomic mass is 35.5. The quantitative estimate of drug-likeness (QED) is 0.796. The topological polar surface area (TPSA) is 26.8 Å². The third-order valence-electron chi connectivity index (χ3n) is 4.28. The first-order valence-electron chi connectivity index (χ1n) is 7.53. The van der Waals surface area contributed by atoms with Crippen molar-refractivity contribution in [3.8, 4) is 0 Å². The zero-order chi connectivity index (χ0) is 16.0. The molecule has 0 aromatic heterocycles. The van der Waals surface area contributed by atoms with Crippen molar-refractivity contribution >= 4 is 34.9 Å². The Kier molecular flexibility index (Phi) is 3.68. The molecule has 2 amide bonds. The van der Waals surface area contributed by atoms with Gasteiger partial charge in [-0.05, 0) is 42.3 Å². The summed E-state index contributed by atoms with van der Waals surface area (Å²) in [6.45, 7) is 1.61. The van der Waals surface area contributed by atoms with Crippen LogP contribution in [0.3, 0.4) is 0 Å². The minimum Gasteiger partial charge on any atom is -0.271 e. The van der Waals surface area contributed by atoms with Crippen LogP contribution in [-0.2, 0) is 0 Å². The molecule has 0 aliphatic carbocycles. The summed E-state index contributed by atoms with van der Waals surface area (Å²) in [5.41, 5.74) is 1.84. The Balaban J connectivity index is 1.81. The normalized spacial score (nSPS) is 21.1. The predicted octanol–water partition coefficient (Wildman–Crippen LogP) is 4.55. The number of halogens is 2. The van der Waals surface area contributed by atoms with E-state index in [0.29, 0.717) is 10.0 Å². The number of anilines is 1. The van der Waals surface area contributed by atoms with Crippen molar-refractivity contribution < 1.29 is 4.79 Å². The summed E-state index contributed by atoms with van der Waals surface area (Å²) >= 11 is 12.1. The van der Waals surface area contributed by atoms with Crippen LogP contribution in [0.2, 0.25) is 10.0 Å². The van der Waals surface area contributed by atoms with Crippen molar-refractivity contribution in [2.45, 2.75) is 12.6 Å². The number of rotatable bonds is 2. The molecule has 2 saturated heterocycles. The predicted molar refractivity (Wildman–Crippen MR) is 91.5 cm³/mol. The SMILES string of the molecule is O=C1N(c2cccc(Cl)c2)[C@H](c2ccc(Cl)cc2)N2CCCN12. The molecular formula is C17H15Cl2N3O. The van der Waals surface area contributed by atoms with E-state index in [-0.39, 0.29) is 12.2 Å². The number of hydrazine groups is 1. The Labute approximate surface area is 144 Å². The summed E-state index contributed by atoms with van der Waals surface area (Å²) in [4.78, 5) is 14.7. The number of hydrogen-bond donors (Lipinski definition) is 0. The third-order valence-corrected chi connectivity index (χ3v) is 4.76. The molecule has 2 fully saturated rings. The Morgan fingerprint density at radius 2 is 1.74 bits per heavy atom. The van der Waals surface area contributed by atoms with Gasteiger partial charge < -0.3 is 0 Å². The van der Waals surface area contributed by atoms with Crippen LogP contribution < -0.4 is 4.90 Å². The van der Waals surface area contributed by atoms with Gasteiger partial charge >= 0.3 is 6.03 Å². The van der Waals surface area contributed by atoms with Crippen LogP contribution in [0.4, 0.5) is 10.5 Å². The van der Waals surface area contributed by atoms with Crippen LogP contribution in [0.1, 0.15) is 18.2 Å². The maximum atomic E-state index is 12.9. The van der Waals surface area contributed by atoms with Crippen molar-refractivity contribution in [2.75, 3.05) is 18.0 Å². The van der Waals surface area contributed by atoms with Crippen molar-refractivity contribution in [3.63, 3.8) is 0 Å². The van der Waals surface area contributed by atoms with E-state index in [1.165, 1.54) is 0 Å². The molecule has 2 aromatic rings. The standard InChI is InChI=1S/C17H15Cl2N3O/c18-13-7-5-12(6-8-13)16-20-9-2-10-21(20)17(23)22(16)15-4-1-3-14(19)11-15/h1,3-8,11,16H,2,9-10H2/t16-/m1/s1. The first-order valence-corrected chi connectivity index (χ1v) is 8.29. The van der Waals surface area contributed by atoms with Crippen LogP contribution in [0.25, 0.3) is 0 Å². The fourth-order valence-corrected chi connectivity index (χ4v) is 3.60. The molecule has 0 spiro atoms. The van der Waals surface area contributed by atoms with Gasteiger partial charge in [0, 0.05) is 28.8 Å². The van der Waals surface area contributed by atoms with E-state index in [1.807, 2.05) is 53.5 Å².